The fourth-order valence-corrected chi connectivity index (χ4v) is 5.83. The smallest absolute Gasteiger partial charge is 0.228 e. The van der Waals surface area contributed by atoms with Crippen molar-refractivity contribution < 1.29 is 9.18 Å². The SMILES string of the molecule is O=C(Nc1ccc(I)cc1)[C@H]1CC[C@]12CC[C@H](c1ccnc3ccc(F)cc31)CC2. The first-order chi connectivity index (χ1) is 14.5. The van der Waals surface area contributed by atoms with Crippen LogP contribution in [-0.2, 0) is 4.79 Å². The number of halogens is 2. The summed E-state index contributed by atoms with van der Waals surface area (Å²) in [6.07, 6.45) is 8.15. The van der Waals surface area contributed by atoms with Crippen LogP contribution in [0.3, 0.4) is 0 Å². The summed E-state index contributed by atoms with van der Waals surface area (Å²) in [4.78, 5) is 17.3. The summed E-state index contributed by atoms with van der Waals surface area (Å²) >= 11 is 2.27. The summed E-state index contributed by atoms with van der Waals surface area (Å²) in [6, 6.07) is 14.9. The normalized spacial score (nSPS) is 25.8. The Hall–Kier alpha value is -2.02. The van der Waals surface area contributed by atoms with Gasteiger partial charge < -0.3 is 5.32 Å². The quantitative estimate of drug-likeness (QED) is 0.397. The van der Waals surface area contributed by atoms with Gasteiger partial charge in [-0.05, 0) is 127 Å². The molecule has 0 saturated heterocycles. The molecule has 0 radical (unpaired) electrons. The average molecular weight is 514 g/mol. The molecule has 1 heterocycles. The van der Waals surface area contributed by atoms with Gasteiger partial charge in [-0.1, -0.05) is 0 Å². The molecule has 2 fully saturated rings. The van der Waals surface area contributed by atoms with Gasteiger partial charge in [-0.15, -0.1) is 0 Å². The van der Waals surface area contributed by atoms with Crippen molar-refractivity contribution in [2.75, 3.05) is 5.32 Å². The number of fused-ring (bicyclic) bond motifs is 1. The van der Waals surface area contributed by atoms with Crippen LogP contribution in [0.15, 0.2) is 54.7 Å². The van der Waals surface area contributed by atoms with Crippen molar-refractivity contribution in [1.82, 2.24) is 4.98 Å². The second kappa shape index (κ2) is 7.91. The Balaban J connectivity index is 1.29. The molecule has 0 bridgehead atoms. The number of pyridine rings is 1. The first-order valence-electron chi connectivity index (χ1n) is 10.6. The zero-order valence-electron chi connectivity index (χ0n) is 16.7. The maximum Gasteiger partial charge on any atom is 0.228 e. The lowest BCUT2D eigenvalue weighted by Crippen LogP contribution is -2.48. The third-order valence-corrected chi connectivity index (χ3v) is 7.98. The molecule has 1 aromatic heterocycles. The van der Waals surface area contributed by atoms with Gasteiger partial charge in [0.05, 0.1) is 5.52 Å². The standard InChI is InChI=1S/C25H24FIN2O/c26-17-1-6-23-21(15-17)20(10-14-28-23)16-7-11-25(12-8-16)13-9-22(25)24(30)29-19-4-2-18(27)3-5-19/h1-6,10,14-16,22H,7-9,11-13H2,(H,29,30)/t16-,22-,25+/m1/s1. The van der Waals surface area contributed by atoms with Crippen LogP contribution in [0.1, 0.15) is 50.0 Å². The molecule has 0 aliphatic heterocycles. The minimum Gasteiger partial charge on any atom is -0.326 e. The summed E-state index contributed by atoms with van der Waals surface area (Å²) < 4.78 is 15.0. The van der Waals surface area contributed by atoms with E-state index in [4.69, 9.17) is 0 Å². The molecule has 1 N–H and O–H groups in total. The Labute approximate surface area is 189 Å². The molecule has 3 aromatic rings. The number of amides is 1. The Morgan fingerprint density at radius 1 is 1.03 bits per heavy atom. The number of rotatable bonds is 3. The Morgan fingerprint density at radius 2 is 1.77 bits per heavy atom. The van der Waals surface area contributed by atoms with Crippen LogP contribution in [0.2, 0.25) is 0 Å². The van der Waals surface area contributed by atoms with Gasteiger partial charge in [0, 0.05) is 26.8 Å². The lowest BCUT2D eigenvalue weighted by Gasteiger charge is -2.52. The van der Waals surface area contributed by atoms with E-state index in [-0.39, 0.29) is 23.1 Å². The van der Waals surface area contributed by atoms with Crippen LogP contribution in [0.4, 0.5) is 10.1 Å². The predicted octanol–water partition coefficient (Wildman–Crippen LogP) is 6.67. The average Bonchev–Trinajstić information content (AvgIpc) is 2.74. The molecule has 5 rings (SSSR count). The van der Waals surface area contributed by atoms with Crippen LogP contribution in [0, 0.1) is 20.7 Å². The molecular formula is C25H24FIN2O. The Kier molecular flexibility index (Phi) is 5.25. The Morgan fingerprint density at radius 3 is 2.47 bits per heavy atom. The first-order valence-corrected chi connectivity index (χ1v) is 11.7. The van der Waals surface area contributed by atoms with E-state index in [0.29, 0.717) is 5.92 Å². The zero-order chi connectivity index (χ0) is 20.7. The van der Waals surface area contributed by atoms with Gasteiger partial charge in [-0.3, -0.25) is 9.78 Å². The molecule has 5 heteroatoms. The minimum absolute atomic E-state index is 0.101. The van der Waals surface area contributed by atoms with E-state index in [0.717, 1.165) is 58.7 Å². The van der Waals surface area contributed by atoms with Crippen LogP contribution in [0.5, 0.6) is 0 Å². The maximum atomic E-state index is 13.8. The number of benzene rings is 2. The largest absolute Gasteiger partial charge is 0.326 e. The topological polar surface area (TPSA) is 42.0 Å². The van der Waals surface area contributed by atoms with E-state index < -0.39 is 0 Å². The van der Waals surface area contributed by atoms with Crippen molar-refractivity contribution in [3.63, 3.8) is 0 Å². The van der Waals surface area contributed by atoms with Crippen LogP contribution >= 0.6 is 22.6 Å². The highest BCUT2D eigenvalue weighted by molar-refractivity contribution is 14.1. The lowest BCUT2D eigenvalue weighted by molar-refractivity contribution is -0.133. The number of hydrogen-bond acceptors (Lipinski definition) is 2. The molecule has 3 nitrogen and oxygen atoms in total. The van der Waals surface area contributed by atoms with E-state index in [2.05, 4.69) is 32.9 Å². The van der Waals surface area contributed by atoms with Gasteiger partial charge in [-0.2, -0.15) is 0 Å². The molecule has 2 aliphatic carbocycles. The van der Waals surface area contributed by atoms with Crippen LogP contribution in [-0.4, -0.2) is 10.9 Å². The van der Waals surface area contributed by atoms with Crippen LogP contribution < -0.4 is 5.32 Å². The molecule has 2 aliphatic rings. The molecule has 1 atom stereocenters. The number of carbonyl (C=O) groups excluding carboxylic acids is 1. The van der Waals surface area contributed by atoms with Gasteiger partial charge in [0.1, 0.15) is 5.82 Å². The fraction of sp³-hybridized carbons (Fsp3) is 0.360. The van der Waals surface area contributed by atoms with Crippen molar-refractivity contribution in [2.24, 2.45) is 11.3 Å². The summed E-state index contributed by atoms with van der Waals surface area (Å²) in [5.74, 6) is 0.459. The van der Waals surface area contributed by atoms with Gasteiger partial charge >= 0.3 is 0 Å². The molecule has 30 heavy (non-hydrogen) atoms. The minimum atomic E-state index is -0.213. The molecule has 2 aromatic carbocycles. The molecule has 1 amide bonds. The second-order valence-corrected chi connectivity index (χ2v) is 10.0. The zero-order valence-corrected chi connectivity index (χ0v) is 18.9. The van der Waals surface area contributed by atoms with Crippen molar-refractivity contribution in [3.8, 4) is 0 Å². The van der Waals surface area contributed by atoms with Gasteiger partial charge in [0.15, 0.2) is 0 Å². The molecule has 154 valence electrons. The second-order valence-electron chi connectivity index (χ2n) is 8.79. The molecular weight excluding hydrogens is 490 g/mol. The molecule has 1 spiro atoms. The highest BCUT2D eigenvalue weighted by atomic mass is 127. The van der Waals surface area contributed by atoms with Crippen molar-refractivity contribution in [3.05, 3.63) is 69.7 Å². The molecule has 0 unspecified atom stereocenters. The monoisotopic (exact) mass is 514 g/mol. The Bertz CT molecular complexity index is 1090. The summed E-state index contributed by atoms with van der Waals surface area (Å²) in [5, 5.41) is 4.05. The van der Waals surface area contributed by atoms with E-state index in [1.54, 1.807) is 12.1 Å². The van der Waals surface area contributed by atoms with E-state index >= 15 is 0 Å². The van der Waals surface area contributed by atoms with E-state index in [1.165, 1.54) is 11.6 Å². The van der Waals surface area contributed by atoms with Gasteiger partial charge in [0.25, 0.3) is 0 Å². The predicted molar refractivity (Wildman–Crippen MR) is 126 cm³/mol. The maximum absolute atomic E-state index is 13.8. The van der Waals surface area contributed by atoms with Crippen molar-refractivity contribution in [2.45, 2.75) is 44.4 Å². The summed E-state index contributed by atoms with van der Waals surface area (Å²) in [6.45, 7) is 0. The number of nitrogens with zero attached hydrogens (tertiary/aromatic N) is 1. The number of hydrogen-bond donors (Lipinski definition) is 1. The van der Waals surface area contributed by atoms with Gasteiger partial charge in [-0.25, -0.2) is 4.39 Å². The first kappa shape index (κ1) is 19.9. The number of nitrogens with one attached hydrogen (secondary N) is 1. The highest BCUT2D eigenvalue weighted by Crippen LogP contribution is 2.58. The summed E-state index contributed by atoms with van der Waals surface area (Å²) in [7, 11) is 0. The van der Waals surface area contributed by atoms with Crippen LogP contribution in [0.25, 0.3) is 10.9 Å². The molecule has 2 saturated carbocycles. The van der Waals surface area contributed by atoms with Crippen molar-refractivity contribution in [1.29, 1.82) is 0 Å². The third-order valence-electron chi connectivity index (χ3n) is 7.26. The number of carbonyl (C=O) groups is 1. The number of anilines is 1. The van der Waals surface area contributed by atoms with Gasteiger partial charge in [0.2, 0.25) is 5.91 Å². The fourth-order valence-electron chi connectivity index (χ4n) is 5.47. The highest BCUT2D eigenvalue weighted by Gasteiger charge is 2.51. The van der Waals surface area contributed by atoms with E-state index in [9.17, 15) is 9.18 Å². The summed E-state index contributed by atoms with van der Waals surface area (Å²) in [5.41, 5.74) is 3.07. The van der Waals surface area contributed by atoms with Crippen molar-refractivity contribution >= 4 is 45.1 Å². The van der Waals surface area contributed by atoms with E-state index in [1.807, 2.05) is 36.5 Å². The lowest BCUT2D eigenvalue weighted by atomic mass is 9.52. The third kappa shape index (κ3) is 3.61. The number of aromatic nitrogens is 1.